The Labute approximate surface area is 253 Å². The van der Waals surface area contributed by atoms with E-state index in [-0.39, 0.29) is 25.1 Å². The van der Waals surface area contributed by atoms with Gasteiger partial charge in [-0.15, -0.1) is 0 Å². The summed E-state index contributed by atoms with van der Waals surface area (Å²) in [5.74, 6) is -2.99. The highest BCUT2D eigenvalue weighted by Crippen LogP contribution is 2.34. The van der Waals surface area contributed by atoms with E-state index in [2.05, 4.69) is 21.3 Å². The van der Waals surface area contributed by atoms with Crippen LogP contribution in [0.3, 0.4) is 0 Å². The first-order chi connectivity index (χ1) is 20.3. The zero-order chi connectivity index (χ0) is 31.7. The smallest absolute Gasteiger partial charge is 0.408 e. The summed E-state index contributed by atoms with van der Waals surface area (Å²) in [6.07, 6.45) is 1.93. The van der Waals surface area contributed by atoms with Crippen LogP contribution in [-0.2, 0) is 35.3 Å². The van der Waals surface area contributed by atoms with Gasteiger partial charge in [-0.25, -0.2) is 4.79 Å². The van der Waals surface area contributed by atoms with Crippen molar-refractivity contribution in [3.63, 3.8) is 0 Å². The monoisotopic (exact) mass is 599 g/mol. The quantitative estimate of drug-likeness (QED) is 0.251. The summed E-state index contributed by atoms with van der Waals surface area (Å²) in [5, 5.41) is 10.4. The molecule has 236 valence electrons. The molecule has 4 N–H and O–H groups in total. The van der Waals surface area contributed by atoms with E-state index >= 15 is 0 Å². The van der Waals surface area contributed by atoms with Gasteiger partial charge in [-0.2, -0.15) is 0 Å². The van der Waals surface area contributed by atoms with Crippen LogP contribution in [0.5, 0.6) is 0 Å². The second kappa shape index (κ2) is 15.0. The third kappa shape index (κ3) is 10.4. The molecular weight excluding hydrogens is 554 g/mol. The van der Waals surface area contributed by atoms with E-state index in [0.717, 1.165) is 18.4 Å². The van der Waals surface area contributed by atoms with Crippen LogP contribution in [0.2, 0.25) is 0 Å². The van der Waals surface area contributed by atoms with Crippen LogP contribution in [0.1, 0.15) is 72.3 Å². The van der Waals surface area contributed by atoms with E-state index in [1.807, 2.05) is 30.3 Å². The molecule has 0 radical (unpaired) electrons. The maximum atomic E-state index is 13.6. The predicted molar refractivity (Wildman–Crippen MR) is 158 cm³/mol. The second-order valence-electron chi connectivity index (χ2n) is 12.6. The molecule has 3 atom stereocenters. The maximum absolute atomic E-state index is 13.6. The van der Waals surface area contributed by atoms with E-state index in [0.29, 0.717) is 25.8 Å². The first kappa shape index (κ1) is 33.5. The lowest BCUT2D eigenvalue weighted by atomic mass is 9.85. The molecule has 0 bridgehead atoms. The fraction of sp³-hybridized carbons (Fsp3) is 0.613. The zero-order valence-corrected chi connectivity index (χ0v) is 25.7. The van der Waals surface area contributed by atoms with E-state index in [1.54, 1.807) is 34.6 Å². The molecule has 0 aromatic heterocycles. The number of nitrogens with one attached hydrogen (secondary N) is 4. The number of likely N-dealkylation sites (tertiary alicyclic amines) is 1. The molecule has 1 aromatic carbocycles. The van der Waals surface area contributed by atoms with Crippen LogP contribution in [0.4, 0.5) is 4.79 Å². The van der Waals surface area contributed by atoms with E-state index in [4.69, 9.17) is 4.74 Å². The largest absolute Gasteiger partial charge is 0.447 e. The lowest BCUT2D eigenvalue weighted by molar-refractivity contribution is -0.144. The number of rotatable bonds is 13. The Kier molecular flexibility index (Phi) is 11.7. The Balaban J connectivity index is 1.61. The zero-order valence-electron chi connectivity index (χ0n) is 25.7. The van der Waals surface area contributed by atoms with Crippen molar-refractivity contribution in [3.05, 3.63) is 35.9 Å². The van der Waals surface area contributed by atoms with Gasteiger partial charge in [0.25, 0.3) is 5.91 Å². The van der Waals surface area contributed by atoms with E-state index < -0.39 is 59.0 Å². The first-order valence-corrected chi connectivity index (χ1v) is 15.0. The highest BCUT2D eigenvalue weighted by atomic mass is 16.6. The van der Waals surface area contributed by atoms with Crippen molar-refractivity contribution in [1.29, 1.82) is 0 Å². The average Bonchev–Trinajstić information content (AvgIpc) is 3.62. The molecule has 1 aromatic rings. The van der Waals surface area contributed by atoms with Crippen LogP contribution in [0.15, 0.2) is 30.3 Å². The van der Waals surface area contributed by atoms with Gasteiger partial charge in [0.1, 0.15) is 12.1 Å². The van der Waals surface area contributed by atoms with Crippen molar-refractivity contribution in [2.24, 2.45) is 11.3 Å². The van der Waals surface area contributed by atoms with E-state index in [1.165, 1.54) is 4.90 Å². The maximum Gasteiger partial charge on any atom is 0.408 e. The van der Waals surface area contributed by atoms with Gasteiger partial charge in [0.05, 0.1) is 18.7 Å². The Morgan fingerprint density at radius 1 is 0.953 bits per heavy atom. The molecule has 2 fully saturated rings. The first-order valence-electron chi connectivity index (χ1n) is 15.0. The standard InChI is InChI=1S/C31H45N5O7/c1-19(2)43-30(42)35-26(31(3,4)5)29(41)36-15-9-12-23(36)27(39)34-22(16-20-13-14-20)25(38)28(40)33-18-24(37)32-17-21-10-7-6-8-11-21/h6-8,10-11,19-20,22-23,26H,9,12-18H2,1-5H3,(H,32,37)(H,33,40)(H,34,39)(H,35,42). The number of ketones is 1. The molecule has 5 amide bonds. The molecule has 1 aliphatic carbocycles. The summed E-state index contributed by atoms with van der Waals surface area (Å²) in [4.78, 5) is 78.9. The summed E-state index contributed by atoms with van der Waals surface area (Å²) in [7, 11) is 0. The van der Waals surface area contributed by atoms with Gasteiger partial charge in [0.15, 0.2) is 0 Å². The summed E-state index contributed by atoms with van der Waals surface area (Å²) >= 11 is 0. The number of alkyl carbamates (subject to hydrolysis) is 1. The third-order valence-electron chi connectivity index (χ3n) is 7.42. The molecule has 1 saturated heterocycles. The fourth-order valence-electron chi connectivity index (χ4n) is 4.93. The van der Waals surface area contributed by atoms with Crippen LogP contribution in [-0.4, -0.2) is 77.7 Å². The number of nitrogens with zero attached hydrogens (tertiary/aromatic N) is 1. The molecule has 43 heavy (non-hydrogen) atoms. The number of ether oxygens (including phenoxy) is 1. The second-order valence-corrected chi connectivity index (χ2v) is 12.6. The Bertz CT molecular complexity index is 1180. The molecule has 1 aliphatic heterocycles. The van der Waals surface area contributed by atoms with Gasteiger partial charge >= 0.3 is 6.09 Å². The van der Waals surface area contributed by atoms with Crippen molar-refractivity contribution >= 4 is 35.5 Å². The highest BCUT2D eigenvalue weighted by Gasteiger charge is 2.43. The molecule has 0 spiro atoms. The molecule has 3 unspecified atom stereocenters. The number of benzene rings is 1. The van der Waals surface area contributed by atoms with Gasteiger partial charge in [-0.1, -0.05) is 63.9 Å². The minimum absolute atomic E-state index is 0.207. The van der Waals surface area contributed by atoms with Gasteiger partial charge in [-0.3, -0.25) is 24.0 Å². The van der Waals surface area contributed by atoms with Crippen molar-refractivity contribution in [1.82, 2.24) is 26.2 Å². The summed E-state index contributed by atoms with van der Waals surface area (Å²) in [6.45, 7) is 9.04. The topological polar surface area (TPSA) is 163 Å². The lowest BCUT2D eigenvalue weighted by Crippen LogP contribution is -2.59. The molecule has 1 saturated carbocycles. The number of hydrogen-bond donors (Lipinski definition) is 4. The van der Waals surface area contributed by atoms with Crippen molar-refractivity contribution in [2.75, 3.05) is 13.1 Å². The summed E-state index contributed by atoms with van der Waals surface area (Å²) < 4.78 is 5.18. The minimum Gasteiger partial charge on any atom is -0.447 e. The Hall–Kier alpha value is -3.96. The lowest BCUT2D eigenvalue weighted by Gasteiger charge is -2.35. The minimum atomic E-state index is -1.08. The van der Waals surface area contributed by atoms with Gasteiger partial charge < -0.3 is 30.9 Å². The number of amides is 5. The van der Waals surface area contributed by atoms with Gasteiger partial charge in [0, 0.05) is 13.1 Å². The van der Waals surface area contributed by atoms with Crippen LogP contribution in [0.25, 0.3) is 0 Å². The van der Waals surface area contributed by atoms with Crippen LogP contribution < -0.4 is 21.3 Å². The number of hydrogen-bond acceptors (Lipinski definition) is 7. The SMILES string of the molecule is CC(C)OC(=O)NC(C(=O)N1CCCC1C(=O)NC(CC1CC1)C(=O)C(=O)NCC(=O)NCc1ccccc1)C(C)(C)C. The highest BCUT2D eigenvalue weighted by molar-refractivity contribution is 6.38. The van der Waals surface area contributed by atoms with E-state index in [9.17, 15) is 28.8 Å². The normalized spacial score (nSPS) is 17.9. The fourth-order valence-corrected chi connectivity index (χ4v) is 4.93. The van der Waals surface area contributed by atoms with Crippen molar-refractivity contribution < 1.29 is 33.5 Å². The molecule has 2 aliphatic rings. The van der Waals surface area contributed by atoms with Crippen molar-refractivity contribution in [2.45, 2.75) is 97.5 Å². The molecule has 12 heteroatoms. The third-order valence-corrected chi connectivity index (χ3v) is 7.42. The molecule has 1 heterocycles. The molecule has 12 nitrogen and oxygen atoms in total. The van der Waals surface area contributed by atoms with Gasteiger partial charge in [0.2, 0.25) is 23.5 Å². The number of carbonyl (C=O) groups is 6. The summed E-state index contributed by atoms with van der Waals surface area (Å²) in [5.41, 5.74) is 0.220. The Morgan fingerprint density at radius 3 is 2.23 bits per heavy atom. The van der Waals surface area contributed by atoms with Crippen molar-refractivity contribution in [3.8, 4) is 0 Å². The molecule has 3 rings (SSSR count). The number of carbonyl (C=O) groups excluding carboxylic acids is 6. The molecular formula is C31H45N5O7. The number of Topliss-reactive ketones (excluding diaryl/α,β-unsaturated/α-hetero) is 1. The summed E-state index contributed by atoms with van der Waals surface area (Å²) in [6, 6.07) is 6.38. The predicted octanol–water partition coefficient (Wildman–Crippen LogP) is 1.81. The van der Waals surface area contributed by atoms with Crippen LogP contribution >= 0.6 is 0 Å². The van der Waals surface area contributed by atoms with Gasteiger partial charge in [-0.05, 0) is 50.0 Å². The average molecular weight is 600 g/mol. The Morgan fingerprint density at radius 2 is 1.63 bits per heavy atom. The van der Waals surface area contributed by atoms with Crippen LogP contribution in [0, 0.1) is 11.3 Å².